The van der Waals surface area contributed by atoms with Crippen LogP contribution in [0.3, 0.4) is 0 Å². The third-order valence-electron chi connectivity index (χ3n) is 5.51. The first-order chi connectivity index (χ1) is 13.3. The summed E-state index contributed by atoms with van der Waals surface area (Å²) >= 11 is 0. The van der Waals surface area contributed by atoms with E-state index in [4.69, 9.17) is 10.5 Å². The van der Waals surface area contributed by atoms with Crippen LogP contribution in [0.2, 0.25) is 0 Å². The number of H-pyrrole nitrogens is 1. The SMILES string of the molecule is C[C@H](N)C1CCN(c2c(F)cc3c(=O)[nH]c(=O)n(C4CC4)c3c2OC(F)F)C1.Cl. The minimum atomic E-state index is -3.24. The van der Waals surface area contributed by atoms with Gasteiger partial charge in [-0.15, -0.1) is 12.4 Å². The van der Waals surface area contributed by atoms with Gasteiger partial charge in [0.15, 0.2) is 11.6 Å². The lowest BCUT2D eigenvalue weighted by Gasteiger charge is -2.25. The molecule has 0 radical (unpaired) electrons. The van der Waals surface area contributed by atoms with E-state index in [1.165, 1.54) is 4.57 Å². The van der Waals surface area contributed by atoms with Crippen molar-refractivity contribution in [1.29, 1.82) is 0 Å². The number of anilines is 1. The predicted molar refractivity (Wildman–Crippen MR) is 105 cm³/mol. The van der Waals surface area contributed by atoms with Gasteiger partial charge >= 0.3 is 12.3 Å². The highest BCUT2D eigenvalue weighted by molar-refractivity contribution is 5.91. The van der Waals surface area contributed by atoms with Crippen LogP contribution in [-0.4, -0.2) is 35.3 Å². The quantitative estimate of drug-likeness (QED) is 0.753. The fraction of sp³-hybridized carbons (Fsp3) is 0.556. The van der Waals surface area contributed by atoms with Crippen molar-refractivity contribution < 1.29 is 17.9 Å². The van der Waals surface area contributed by atoms with Gasteiger partial charge in [0.2, 0.25) is 0 Å². The monoisotopic (exact) mass is 434 g/mol. The van der Waals surface area contributed by atoms with Crippen molar-refractivity contribution in [1.82, 2.24) is 9.55 Å². The van der Waals surface area contributed by atoms with Crippen LogP contribution in [0.25, 0.3) is 10.9 Å². The number of nitrogens with two attached hydrogens (primary N) is 1. The zero-order valence-corrected chi connectivity index (χ0v) is 16.5. The molecule has 0 bridgehead atoms. The summed E-state index contributed by atoms with van der Waals surface area (Å²) in [5.41, 5.74) is 4.14. The van der Waals surface area contributed by atoms with E-state index in [-0.39, 0.29) is 47.0 Å². The third kappa shape index (κ3) is 3.83. The van der Waals surface area contributed by atoms with Crippen molar-refractivity contribution in [2.75, 3.05) is 18.0 Å². The Hall–Kier alpha value is -2.20. The molecular weight excluding hydrogens is 413 g/mol. The molecule has 1 saturated heterocycles. The fourth-order valence-electron chi connectivity index (χ4n) is 3.94. The van der Waals surface area contributed by atoms with Gasteiger partial charge in [-0.25, -0.2) is 9.18 Å². The molecule has 1 aromatic heterocycles. The average Bonchev–Trinajstić information content (AvgIpc) is 3.31. The molecule has 7 nitrogen and oxygen atoms in total. The Morgan fingerprint density at radius 3 is 2.52 bits per heavy atom. The van der Waals surface area contributed by atoms with Gasteiger partial charge in [-0.3, -0.25) is 14.3 Å². The number of hydrogen-bond acceptors (Lipinski definition) is 5. The van der Waals surface area contributed by atoms with Crippen LogP contribution in [-0.2, 0) is 0 Å². The van der Waals surface area contributed by atoms with Crippen LogP contribution in [0.1, 0.15) is 32.2 Å². The summed E-state index contributed by atoms with van der Waals surface area (Å²) in [6.45, 7) is -0.620. The van der Waals surface area contributed by atoms with Gasteiger partial charge in [-0.1, -0.05) is 0 Å². The Labute approximate surface area is 170 Å². The van der Waals surface area contributed by atoms with E-state index in [1.807, 2.05) is 6.92 Å². The minimum Gasteiger partial charge on any atom is -0.430 e. The molecule has 1 unspecified atom stereocenters. The maximum atomic E-state index is 15.0. The Morgan fingerprint density at radius 1 is 1.28 bits per heavy atom. The van der Waals surface area contributed by atoms with Crippen LogP contribution in [0.5, 0.6) is 5.75 Å². The minimum absolute atomic E-state index is 0. The molecule has 1 aromatic carbocycles. The van der Waals surface area contributed by atoms with Crippen LogP contribution < -0.4 is 26.6 Å². The Kier molecular flexibility index (Phi) is 5.86. The summed E-state index contributed by atoms with van der Waals surface area (Å²) in [5.74, 6) is -1.25. The molecule has 0 amide bonds. The lowest BCUT2D eigenvalue weighted by Crippen LogP contribution is -2.32. The summed E-state index contributed by atoms with van der Waals surface area (Å²) in [7, 11) is 0. The molecule has 2 aromatic rings. The molecular formula is C18H22ClF3N4O3. The van der Waals surface area contributed by atoms with E-state index in [0.717, 1.165) is 6.07 Å². The molecule has 1 saturated carbocycles. The fourth-order valence-corrected chi connectivity index (χ4v) is 3.94. The molecule has 160 valence electrons. The second-order valence-electron chi connectivity index (χ2n) is 7.53. The summed E-state index contributed by atoms with van der Waals surface area (Å²) in [5, 5.41) is -0.189. The van der Waals surface area contributed by atoms with Crippen molar-refractivity contribution >= 4 is 29.0 Å². The first kappa shape index (κ1) is 21.5. The normalized spacial score (nSPS) is 20.2. The highest BCUT2D eigenvalue weighted by Gasteiger charge is 2.34. The maximum Gasteiger partial charge on any atom is 0.387 e. The molecule has 1 aliphatic carbocycles. The van der Waals surface area contributed by atoms with Gasteiger partial charge < -0.3 is 15.4 Å². The van der Waals surface area contributed by atoms with Crippen molar-refractivity contribution in [2.24, 2.45) is 11.7 Å². The zero-order chi connectivity index (χ0) is 20.2. The van der Waals surface area contributed by atoms with Gasteiger partial charge in [0.1, 0.15) is 11.2 Å². The number of aromatic amines is 1. The number of aromatic nitrogens is 2. The second-order valence-corrected chi connectivity index (χ2v) is 7.53. The van der Waals surface area contributed by atoms with Crippen LogP contribution in [0.4, 0.5) is 18.9 Å². The molecule has 2 aliphatic rings. The molecule has 2 atom stereocenters. The smallest absolute Gasteiger partial charge is 0.387 e. The Balaban J connectivity index is 0.00000240. The third-order valence-corrected chi connectivity index (χ3v) is 5.51. The van der Waals surface area contributed by atoms with E-state index in [0.29, 0.717) is 32.4 Å². The largest absolute Gasteiger partial charge is 0.430 e. The van der Waals surface area contributed by atoms with Crippen molar-refractivity contribution in [3.63, 3.8) is 0 Å². The number of fused-ring (bicyclic) bond motifs is 1. The first-order valence-corrected chi connectivity index (χ1v) is 9.24. The lowest BCUT2D eigenvalue weighted by molar-refractivity contribution is -0.0488. The molecule has 2 heterocycles. The highest BCUT2D eigenvalue weighted by atomic mass is 35.5. The van der Waals surface area contributed by atoms with Crippen LogP contribution >= 0.6 is 12.4 Å². The number of nitrogens with zero attached hydrogens (tertiary/aromatic N) is 2. The van der Waals surface area contributed by atoms with Gasteiger partial charge in [-0.2, -0.15) is 8.78 Å². The summed E-state index contributed by atoms with van der Waals surface area (Å²) < 4.78 is 47.4. The van der Waals surface area contributed by atoms with Crippen LogP contribution in [0, 0.1) is 11.7 Å². The van der Waals surface area contributed by atoms with E-state index >= 15 is 4.39 Å². The maximum absolute atomic E-state index is 15.0. The molecule has 1 aliphatic heterocycles. The Bertz CT molecular complexity index is 1040. The number of benzene rings is 1. The van der Waals surface area contributed by atoms with E-state index < -0.39 is 29.4 Å². The Morgan fingerprint density at radius 2 is 1.97 bits per heavy atom. The average molecular weight is 435 g/mol. The van der Waals surface area contributed by atoms with Crippen molar-refractivity contribution in [3.05, 3.63) is 32.7 Å². The highest BCUT2D eigenvalue weighted by Crippen LogP contribution is 2.44. The molecule has 29 heavy (non-hydrogen) atoms. The zero-order valence-electron chi connectivity index (χ0n) is 15.7. The van der Waals surface area contributed by atoms with Gasteiger partial charge in [0.05, 0.1) is 5.39 Å². The van der Waals surface area contributed by atoms with E-state index in [2.05, 4.69) is 4.98 Å². The van der Waals surface area contributed by atoms with Gasteiger partial charge in [-0.05, 0) is 38.2 Å². The summed E-state index contributed by atoms with van der Waals surface area (Å²) in [4.78, 5) is 28.4. The molecule has 4 rings (SSSR count). The number of ether oxygens (including phenoxy) is 1. The number of rotatable bonds is 5. The summed E-state index contributed by atoms with van der Waals surface area (Å²) in [6.07, 6.45) is 2.00. The number of nitrogens with one attached hydrogen (secondary N) is 1. The molecule has 3 N–H and O–H groups in total. The van der Waals surface area contributed by atoms with Gasteiger partial charge in [0.25, 0.3) is 5.56 Å². The number of halogens is 4. The second kappa shape index (κ2) is 7.91. The van der Waals surface area contributed by atoms with Gasteiger partial charge in [0, 0.05) is 25.2 Å². The van der Waals surface area contributed by atoms with E-state index in [9.17, 15) is 18.4 Å². The van der Waals surface area contributed by atoms with Crippen molar-refractivity contribution in [2.45, 2.75) is 44.9 Å². The first-order valence-electron chi connectivity index (χ1n) is 9.24. The number of alkyl halides is 2. The van der Waals surface area contributed by atoms with Crippen LogP contribution in [0.15, 0.2) is 15.7 Å². The lowest BCUT2D eigenvalue weighted by atomic mass is 10.0. The standard InChI is InChI=1S/C18H21F3N4O3.ClH/c1-8(22)9-4-5-24(7-9)14-12(19)6-11-13(15(14)28-17(20)21)25(10-2-3-10)18(27)23-16(11)26;/h6,8-10,17H,2-5,7,22H2,1H3,(H,23,26,27);1H/t8-,9?;/m0./s1. The molecule has 11 heteroatoms. The summed E-state index contributed by atoms with van der Waals surface area (Å²) in [6, 6.07) is 0.611. The predicted octanol–water partition coefficient (Wildman–Crippen LogP) is 2.36. The molecule has 0 spiro atoms. The van der Waals surface area contributed by atoms with Crippen molar-refractivity contribution in [3.8, 4) is 5.75 Å². The topological polar surface area (TPSA) is 93.4 Å². The number of hydrogen-bond donors (Lipinski definition) is 2. The molecule has 2 fully saturated rings. The van der Waals surface area contributed by atoms with E-state index in [1.54, 1.807) is 4.90 Å².